The van der Waals surface area contributed by atoms with E-state index in [1.54, 1.807) is 42.2 Å². The van der Waals surface area contributed by atoms with Crippen LogP contribution >= 0.6 is 0 Å². The molecule has 0 saturated carbocycles. The van der Waals surface area contributed by atoms with Gasteiger partial charge < -0.3 is 20.1 Å². The van der Waals surface area contributed by atoms with Crippen molar-refractivity contribution in [3.05, 3.63) is 89.2 Å². The average Bonchev–Trinajstić information content (AvgIpc) is 2.95. The number of likely N-dealkylation sites (N-methyl/N-ethyl adjacent to an activating group) is 1. The zero-order chi connectivity index (χ0) is 29.7. The molecule has 1 aliphatic heterocycles. The minimum atomic E-state index is -4.40. The highest BCUT2D eigenvalue weighted by Gasteiger charge is 2.35. The normalized spacial score (nSPS) is 18.2. The fourth-order valence-corrected chi connectivity index (χ4v) is 4.74. The predicted molar refractivity (Wildman–Crippen MR) is 148 cm³/mol. The number of halogens is 3. The third kappa shape index (κ3) is 7.22. The van der Waals surface area contributed by atoms with E-state index < -0.39 is 29.8 Å². The first-order chi connectivity index (χ1) is 19.5. The van der Waals surface area contributed by atoms with Crippen LogP contribution < -0.4 is 10.1 Å². The van der Waals surface area contributed by atoms with Gasteiger partial charge in [0.05, 0.1) is 29.5 Å². The van der Waals surface area contributed by atoms with Crippen molar-refractivity contribution in [3.63, 3.8) is 0 Å². The molecule has 0 bridgehead atoms. The van der Waals surface area contributed by atoms with E-state index in [2.05, 4.69) is 10.3 Å². The Morgan fingerprint density at radius 3 is 2.49 bits per heavy atom. The first-order valence-corrected chi connectivity index (χ1v) is 13.3. The summed E-state index contributed by atoms with van der Waals surface area (Å²) in [5, 5.41) is 12.7. The molecule has 0 aliphatic carbocycles. The van der Waals surface area contributed by atoms with Gasteiger partial charge >= 0.3 is 6.18 Å². The number of aliphatic hydroxyl groups is 1. The van der Waals surface area contributed by atoms with E-state index >= 15 is 0 Å². The van der Waals surface area contributed by atoms with Crippen molar-refractivity contribution in [1.82, 2.24) is 14.8 Å². The number of nitrogens with one attached hydrogen (secondary N) is 1. The molecule has 4 rings (SSSR count). The second-order valence-corrected chi connectivity index (χ2v) is 10.4. The van der Waals surface area contributed by atoms with Crippen LogP contribution in [0.1, 0.15) is 45.7 Å². The van der Waals surface area contributed by atoms with Crippen molar-refractivity contribution in [1.29, 1.82) is 0 Å². The van der Waals surface area contributed by atoms with Crippen molar-refractivity contribution < 1.29 is 32.6 Å². The van der Waals surface area contributed by atoms with Gasteiger partial charge in [0.15, 0.2) is 5.75 Å². The van der Waals surface area contributed by atoms with Gasteiger partial charge in [-0.05, 0) is 55.9 Å². The molecule has 0 radical (unpaired) electrons. The van der Waals surface area contributed by atoms with Crippen LogP contribution in [0.4, 0.5) is 18.9 Å². The molecule has 2 N–H and O–H groups in total. The average molecular weight is 571 g/mol. The van der Waals surface area contributed by atoms with Crippen LogP contribution in [-0.4, -0.2) is 70.6 Å². The molecule has 41 heavy (non-hydrogen) atoms. The number of anilines is 1. The van der Waals surface area contributed by atoms with Crippen LogP contribution in [0.2, 0.25) is 0 Å². The van der Waals surface area contributed by atoms with Crippen molar-refractivity contribution in [3.8, 4) is 5.75 Å². The number of carbonyl (C=O) groups excluding carboxylic acids is 2. The van der Waals surface area contributed by atoms with Gasteiger partial charge in [-0.2, -0.15) is 13.2 Å². The topological polar surface area (TPSA) is 95.0 Å². The van der Waals surface area contributed by atoms with Gasteiger partial charge in [-0.1, -0.05) is 25.1 Å². The van der Waals surface area contributed by atoms with Gasteiger partial charge in [0.25, 0.3) is 11.8 Å². The Bertz CT molecular complexity index is 1350. The zero-order valence-corrected chi connectivity index (χ0v) is 23.1. The number of ether oxygens (including phenoxy) is 1. The largest absolute Gasteiger partial charge is 0.486 e. The summed E-state index contributed by atoms with van der Waals surface area (Å²) in [6, 6.07) is 12.6. The predicted octanol–water partition coefficient (Wildman–Crippen LogP) is 4.70. The molecule has 2 amide bonds. The summed E-state index contributed by atoms with van der Waals surface area (Å²) in [4.78, 5) is 34.1. The minimum absolute atomic E-state index is 0.194. The van der Waals surface area contributed by atoms with E-state index in [0.717, 1.165) is 12.1 Å². The van der Waals surface area contributed by atoms with Gasteiger partial charge in [-0.3, -0.25) is 19.5 Å². The van der Waals surface area contributed by atoms with Crippen molar-refractivity contribution in [2.24, 2.45) is 5.92 Å². The van der Waals surface area contributed by atoms with Gasteiger partial charge in [0, 0.05) is 43.5 Å². The number of benzene rings is 2. The highest BCUT2D eigenvalue weighted by atomic mass is 19.4. The molecule has 8 nitrogen and oxygen atoms in total. The van der Waals surface area contributed by atoms with Crippen molar-refractivity contribution in [2.45, 2.75) is 38.7 Å². The minimum Gasteiger partial charge on any atom is -0.486 e. The molecule has 2 heterocycles. The fraction of sp³-hybridized carbons (Fsp3) is 0.367. The van der Waals surface area contributed by atoms with Gasteiger partial charge in [-0.15, -0.1) is 0 Å². The maximum absolute atomic E-state index is 13.6. The Morgan fingerprint density at radius 2 is 1.85 bits per heavy atom. The molecular weight excluding hydrogens is 537 g/mol. The first-order valence-electron chi connectivity index (χ1n) is 13.3. The molecular formula is C30H33F3N4O4. The molecule has 0 saturated heterocycles. The Kier molecular flexibility index (Phi) is 9.29. The number of alkyl halides is 3. The molecule has 1 aromatic heterocycles. The van der Waals surface area contributed by atoms with E-state index in [-0.39, 0.29) is 29.7 Å². The number of aromatic nitrogens is 1. The summed E-state index contributed by atoms with van der Waals surface area (Å²) >= 11 is 0. The van der Waals surface area contributed by atoms with E-state index in [1.165, 1.54) is 24.5 Å². The molecule has 0 unspecified atom stereocenters. The second kappa shape index (κ2) is 12.7. The lowest BCUT2D eigenvalue weighted by atomic mass is 9.98. The molecule has 0 spiro atoms. The number of hydrogen-bond acceptors (Lipinski definition) is 6. The number of hydrogen-bond donors (Lipinski definition) is 2. The number of amides is 2. The number of rotatable bonds is 8. The number of aliphatic hydroxyl groups excluding tert-OH is 1. The second-order valence-electron chi connectivity index (χ2n) is 10.4. The lowest BCUT2D eigenvalue weighted by molar-refractivity contribution is -0.137. The molecule has 2 aromatic carbocycles. The summed E-state index contributed by atoms with van der Waals surface area (Å²) in [5.41, 5.74) is 0.947. The third-order valence-corrected chi connectivity index (χ3v) is 7.11. The maximum Gasteiger partial charge on any atom is 0.416 e. The molecule has 3 atom stereocenters. The Balaban J connectivity index is 1.63. The number of carbonyl (C=O) groups is 2. The van der Waals surface area contributed by atoms with Gasteiger partial charge in [-0.25, -0.2) is 0 Å². The Morgan fingerprint density at radius 1 is 1.17 bits per heavy atom. The van der Waals surface area contributed by atoms with Crippen LogP contribution in [0.25, 0.3) is 0 Å². The number of nitrogens with zero attached hydrogens (tertiary/aromatic N) is 3. The first kappa shape index (κ1) is 30.0. The van der Waals surface area contributed by atoms with E-state index in [4.69, 9.17) is 4.74 Å². The Labute approximate surface area is 236 Å². The summed E-state index contributed by atoms with van der Waals surface area (Å²) < 4.78 is 45.4. The highest BCUT2D eigenvalue weighted by Crippen LogP contribution is 2.35. The van der Waals surface area contributed by atoms with E-state index in [1.807, 2.05) is 18.9 Å². The smallest absolute Gasteiger partial charge is 0.416 e. The van der Waals surface area contributed by atoms with Gasteiger partial charge in [0.2, 0.25) is 0 Å². The highest BCUT2D eigenvalue weighted by molar-refractivity contribution is 6.07. The number of pyridine rings is 1. The van der Waals surface area contributed by atoms with E-state index in [0.29, 0.717) is 36.4 Å². The maximum atomic E-state index is 13.6. The van der Waals surface area contributed by atoms with Crippen LogP contribution in [0.15, 0.2) is 67.0 Å². The van der Waals surface area contributed by atoms with Crippen molar-refractivity contribution in [2.75, 3.05) is 32.1 Å². The van der Waals surface area contributed by atoms with Gasteiger partial charge in [0.1, 0.15) is 6.10 Å². The van der Waals surface area contributed by atoms with Crippen LogP contribution in [0.5, 0.6) is 5.75 Å². The summed E-state index contributed by atoms with van der Waals surface area (Å²) in [7, 11) is 1.84. The lowest BCUT2D eigenvalue weighted by Gasteiger charge is -2.38. The third-order valence-electron chi connectivity index (χ3n) is 7.11. The molecule has 218 valence electrons. The van der Waals surface area contributed by atoms with Crippen LogP contribution in [0.3, 0.4) is 0 Å². The number of para-hydroxylation sites is 1. The monoisotopic (exact) mass is 570 g/mol. The SMILES string of the molecule is C[C@H](CO)N1C[C@H](C)[C@@H](CN(C)Cc2ccc(C(F)(F)F)cc2)Oc2c(NC(=O)c3ccncc3)cccc2C1=O. The van der Waals surface area contributed by atoms with E-state index in [9.17, 15) is 27.9 Å². The van der Waals surface area contributed by atoms with Crippen molar-refractivity contribution >= 4 is 17.5 Å². The Hall–Kier alpha value is -3.96. The molecule has 3 aromatic rings. The fourth-order valence-electron chi connectivity index (χ4n) is 4.74. The summed E-state index contributed by atoms with van der Waals surface area (Å²) in [5.74, 6) is -0.705. The molecule has 0 fully saturated rings. The number of fused-ring (bicyclic) bond motifs is 1. The summed E-state index contributed by atoms with van der Waals surface area (Å²) in [6.07, 6.45) is -1.86. The van der Waals surface area contributed by atoms with Crippen LogP contribution in [0, 0.1) is 5.92 Å². The summed E-state index contributed by atoms with van der Waals surface area (Å²) in [6.45, 7) is 4.52. The zero-order valence-electron chi connectivity index (χ0n) is 23.1. The quantitative estimate of drug-likeness (QED) is 0.408. The lowest BCUT2D eigenvalue weighted by Crippen LogP contribution is -2.49. The van der Waals surface area contributed by atoms with Crippen LogP contribution in [-0.2, 0) is 12.7 Å². The standard InChI is InChI=1S/C30H33F3N4O4/c1-19-15-37(20(2)18-38)29(40)24-5-4-6-25(35-28(39)22-11-13-34-14-12-22)27(24)41-26(19)17-36(3)16-21-7-9-23(10-8-21)30(31,32)33/h4-14,19-20,26,38H,15-18H2,1-3H3,(H,35,39)/t19-,20+,26+/m0/s1. The molecule has 11 heteroatoms. The molecule has 1 aliphatic rings.